The average molecular weight is 368 g/mol. The van der Waals surface area contributed by atoms with E-state index in [2.05, 4.69) is 0 Å². The van der Waals surface area contributed by atoms with E-state index in [1.165, 1.54) is 6.42 Å². The van der Waals surface area contributed by atoms with E-state index in [0.717, 1.165) is 37.0 Å². The van der Waals surface area contributed by atoms with Crippen LogP contribution in [0, 0.1) is 0 Å². The maximum atomic E-state index is 13.3. The summed E-state index contributed by atoms with van der Waals surface area (Å²) in [5.41, 5.74) is 0.923. The topological polar surface area (TPSA) is 59.1 Å². The fraction of sp³-hybridized carbons (Fsp3) is 0.667. The molecule has 7 heteroatoms. The van der Waals surface area contributed by atoms with Crippen LogP contribution < -0.4 is 4.74 Å². The van der Waals surface area contributed by atoms with E-state index in [0.29, 0.717) is 0 Å². The summed E-state index contributed by atoms with van der Waals surface area (Å²) in [7, 11) is 1.70. The Hall–Kier alpha value is -1.15. The van der Waals surface area contributed by atoms with Crippen molar-refractivity contribution in [1.29, 1.82) is 0 Å². The number of hydroxylamine groups is 2. The van der Waals surface area contributed by atoms with Gasteiger partial charge >= 0.3 is 0 Å². The molecule has 1 saturated heterocycles. The summed E-state index contributed by atoms with van der Waals surface area (Å²) >= 11 is 0. The van der Waals surface area contributed by atoms with Crippen molar-refractivity contribution in [2.24, 2.45) is 0 Å². The van der Waals surface area contributed by atoms with Gasteiger partial charge in [-0.15, -0.1) is 0 Å². The van der Waals surface area contributed by atoms with Crippen LogP contribution >= 0.6 is 0 Å². The number of rotatable bonds is 5. The fourth-order valence-corrected chi connectivity index (χ4v) is 5.88. The van der Waals surface area contributed by atoms with E-state index in [-0.39, 0.29) is 18.7 Å². The van der Waals surface area contributed by atoms with Gasteiger partial charge in [0.25, 0.3) is 0 Å². The molecule has 1 heterocycles. The molecule has 1 aromatic rings. The molecule has 0 radical (unpaired) electrons. The summed E-state index contributed by atoms with van der Waals surface area (Å²) in [6, 6.07) is 7.34. The maximum Gasteiger partial charge on any atom is 0.221 e. The lowest BCUT2D eigenvalue weighted by Gasteiger charge is -2.33. The van der Waals surface area contributed by atoms with Gasteiger partial charge in [0.05, 0.1) is 19.8 Å². The molecule has 2 fully saturated rings. The molecule has 0 aromatic heterocycles. The molecule has 0 amide bonds. The van der Waals surface area contributed by atoms with Crippen LogP contribution in [0.1, 0.15) is 43.7 Å². The van der Waals surface area contributed by atoms with E-state index in [1.807, 2.05) is 24.3 Å². The van der Waals surface area contributed by atoms with Crippen molar-refractivity contribution in [1.82, 2.24) is 9.37 Å². The van der Waals surface area contributed by atoms with Crippen molar-refractivity contribution in [3.8, 4) is 5.75 Å². The van der Waals surface area contributed by atoms with Gasteiger partial charge in [0.1, 0.15) is 11.0 Å². The summed E-state index contributed by atoms with van der Waals surface area (Å²) in [6.07, 6.45) is 5.31. The Labute approximate surface area is 150 Å². The Bertz CT molecular complexity index is 671. The minimum absolute atomic E-state index is 0.112. The van der Waals surface area contributed by atoms with Gasteiger partial charge in [-0.2, -0.15) is 5.06 Å². The van der Waals surface area contributed by atoms with Crippen LogP contribution in [0.3, 0.4) is 0 Å². The molecule has 1 aromatic carbocycles. The first-order valence-corrected chi connectivity index (χ1v) is 10.4. The highest BCUT2D eigenvalue weighted by Gasteiger charge is 2.46. The Morgan fingerprint density at radius 2 is 1.80 bits per heavy atom. The van der Waals surface area contributed by atoms with Gasteiger partial charge in [0.2, 0.25) is 10.0 Å². The van der Waals surface area contributed by atoms with Gasteiger partial charge < -0.3 is 4.74 Å². The lowest BCUT2D eigenvalue weighted by molar-refractivity contribution is -0.110. The third-order valence-electron chi connectivity index (χ3n) is 5.52. The summed E-state index contributed by atoms with van der Waals surface area (Å²) in [4.78, 5) is 5.61. The zero-order valence-corrected chi connectivity index (χ0v) is 16.0. The van der Waals surface area contributed by atoms with Crippen LogP contribution in [0.4, 0.5) is 0 Å². The largest absolute Gasteiger partial charge is 0.497 e. The van der Waals surface area contributed by atoms with Gasteiger partial charge in [-0.05, 0) is 30.5 Å². The normalized spacial score (nSPS) is 26.2. The summed E-state index contributed by atoms with van der Waals surface area (Å²) in [5, 5.41) is 1.07. The average Bonchev–Trinajstić information content (AvgIpc) is 3.04. The summed E-state index contributed by atoms with van der Waals surface area (Å²) < 4.78 is 33.4. The molecule has 1 aliphatic heterocycles. The number of methoxy groups -OCH3 is 1. The number of hydrogen-bond donors (Lipinski definition) is 0. The molecule has 6 nitrogen and oxygen atoms in total. The third kappa shape index (κ3) is 3.69. The third-order valence-corrected chi connectivity index (χ3v) is 7.78. The minimum atomic E-state index is -3.45. The highest BCUT2D eigenvalue weighted by molar-refractivity contribution is 7.89. The van der Waals surface area contributed by atoms with Gasteiger partial charge in [0.15, 0.2) is 0 Å². The molecule has 1 saturated carbocycles. The van der Waals surface area contributed by atoms with Crippen molar-refractivity contribution >= 4 is 10.0 Å². The van der Waals surface area contributed by atoms with Gasteiger partial charge in [-0.3, -0.25) is 4.84 Å². The summed E-state index contributed by atoms with van der Waals surface area (Å²) in [5.74, 6) is 0.754. The molecule has 3 rings (SSSR count). The smallest absolute Gasteiger partial charge is 0.221 e. The van der Waals surface area contributed by atoms with E-state index in [4.69, 9.17) is 9.57 Å². The molecule has 2 atom stereocenters. The molecule has 0 unspecified atom stereocenters. The van der Waals surface area contributed by atoms with Crippen molar-refractivity contribution < 1.29 is 18.0 Å². The fourth-order valence-electron chi connectivity index (χ4n) is 3.94. The van der Waals surface area contributed by atoms with E-state index in [1.54, 1.807) is 30.6 Å². The first-order chi connectivity index (χ1) is 11.9. The van der Waals surface area contributed by atoms with Crippen LogP contribution in [0.15, 0.2) is 24.3 Å². The predicted octanol–water partition coefficient (Wildman–Crippen LogP) is 2.58. The van der Waals surface area contributed by atoms with Crippen molar-refractivity contribution in [3.63, 3.8) is 0 Å². The van der Waals surface area contributed by atoms with Crippen molar-refractivity contribution in [3.05, 3.63) is 29.8 Å². The molecular formula is C18H28N2O4S. The Balaban J connectivity index is 1.85. The first kappa shape index (κ1) is 18.6. The van der Waals surface area contributed by atoms with Crippen LogP contribution in [0.5, 0.6) is 5.75 Å². The predicted molar refractivity (Wildman–Crippen MR) is 96.8 cm³/mol. The number of sulfonamides is 1. The zero-order valence-electron chi connectivity index (χ0n) is 15.2. The van der Waals surface area contributed by atoms with E-state index in [9.17, 15) is 8.42 Å². The SMILES string of the molecule is COc1ccc([C@H]2[C@@H](S(=O)(=O)N(C)C3CCCCC3)CON2C)cc1. The molecule has 25 heavy (non-hydrogen) atoms. The Morgan fingerprint density at radius 1 is 1.16 bits per heavy atom. The molecular weight excluding hydrogens is 340 g/mol. The lowest BCUT2D eigenvalue weighted by Crippen LogP contribution is -2.45. The molecule has 140 valence electrons. The number of nitrogens with zero attached hydrogens (tertiary/aromatic N) is 2. The van der Waals surface area contributed by atoms with Crippen molar-refractivity contribution in [2.75, 3.05) is 27.8 Å². The van der Waals surface area contributed by atoms with Gasteiger partial charge in [-0.25, -0.2) is 12.7 Å². The highest BCUT2D eigenvalue weighted by Crippen LogP contribution is 2.36. The van der Waals surface area contributed by atoms with Crippen molar-refractivity contribution in [2.45, 2.75) is 49.4 Å². The number of ether oxygens (including phenoxy) is 1. The van der Waals surface area contributed by atoms with Crippen LogP contribution in [0.25, 0.3) is 0 Å². The van der Waals surface area contributed by atoms with Gasteiger partial charge in [-0.1, -0.05) is 31.4 Å². The lowest BCUT2D eigenvalue weighted by atomic mass is 9.96. The molecule has 0 N–H and O–H groups in total. The molecule has 0 spiro atoms. The van der Waals surface area contributed by atoms with E-state index < -0.39 is 15.3 Å². The molecule has 1 aliphatic carbocycles. The first-order valence-electron chi connectivity index (χ1n) is 8.91. The second-order valence-corrected chi connectivity index (χ2v) is 9.16. The molecule has 2 aliphatic rings. The Kier molecular flexibility index (Phi) is 5.68. The monoisotopic (exact) mass is 368 g/mol. The Morgan fingerprint density at radius 3 is 2.40 bits per heavy atom. The minimum Gasteiger partial charge on any atom is -0.497 e. The zero-order chi connectivity index (χ0) is 18.0. The summed E-state index contributed by atoms with van der Waals surface area (Å²) in [6.45, 7) is 0.187. The maximum absolute atomic E-state index is 13.3. The number of benzene rings is 1. The number of hydrogen-bond acceptors (Lipinski definition) is 5. The van der Waals surface area contributed by atoms with Gasteiger partial charge in [0, 0.05) is 20.1 Å². The standard InChI is InChI=1S/C18H28N2O4S/c1-19-18(14-9-11-16(23-3)12-10-14)17(13-24-19)25(21,22)20(2)15-7-5-4-6-8-15/h9-12,15,17-18H,4-8,13H2,1-3H3/t17-,18-/m0/s1. The van der Waals surface area contributed by atoms with Crippen LogP contribution in [-0.4, -0.2) is 56.9 Å². The van der Waals surface area contributed by atoms with Crippen LogP contribution in [0.2, 0.25) is 0 Å². The van der Waals surface area contributed by atoms with E-state index >= 15 is 0 Å². The molecule has 0 bridgehead atoms. The quantitative estimate of drug-likeness (QED) is 0.799. The second kappa shape index (κ2) is 7.61. The highest BCUT2D eigenvalue weighted by atomic mass is 32.2. The second-order valence-electron chi connectivity index (χ2n) is 6.95. The van der Waals surface area contributed by atoms with Crippen LogP contribution in [-0.2, 0) is 14.9 Å².